The van der Waals surface area contributed by atoms with E-state index in [1.165, 1.54) is 4.90 Å². The predicted octanol–water partition coefficient (Wildman–Crippen LogP) is 3.98. The van der Waals surface area contributed by atoms with Gasteiger partial charge in [0.25, 0.3) is 5.91 Å². The van der Waals surface area contributed by atoms with Gasteiger partial charge in [-0.1, -0.05) is 50.6 Å². The summed E-state index contributed by atoms with van der Waals surface area (Å²) in [4.78, 5) is 61.9. The van der Waals surface area contributed by atoms with E-state index < -0.39 is 74.3 Å². The molecule has 1 aromatic heterocycles. The zero-order chi connectivity index (χ0) is 38.3. The Morgan fingerprint density at radius 3 is 2.43 bits per heavy atom. The van der Waals surface area contributed by atoms with Crippen LogP contribution in [0.1, 0.15) is 79.6 Å². The van der Waals surface area contributed by atoms with Crippen LogP contribution in [0.25, 0.3) is 10.8 Å². The SMILES string of the molecule is COc1cnc(O[C@@H]2CC3C(=O)N[C@]4(C(=O)NS(=O)(=O)C5CC5)C[C@H]4/C=C\[C@@H](C)CCC[C@@H](C)[C@H](NC(=O)OC(C)(C)C)C(=O)N3C2)c2ccccc12. The summed E-state index contributed by atoms with van der Waals surface area (Å²) in [6, 6.07) is 5.27. The Morgan fingerprint density at radius 1 is 1.04 bits per heavy atom. The standard InChI is InChI=1S/C38H51N5O9S/c1-22-10-9-11-23(2)31(40-36(47)52-37(3,4)5)34(45)43-21-25(51-33-28-13-8-7-12-27(28)30(50-6)20-39-33)18-29(43)32(44)41-38(19-24(38)15-14-22)35(46)42-53(48,49)26-16-17-26/h7-8,12-15,20,22-26,29,31H,9-11,16-19,21H2,1-6H3,(H,40,47)(H,41,44)(H,42,46)/b15-14-/t22-,23+,24+,25+,29?,31-,38+/m0/s1. The number of hydrogen-bond acceptors (Lipinski definition) is 10. The van der Waals surface area contributed by atoms with E-state index in [2.05, 4.69) is 20.3 Å². The number of nitrogens with zero attached hydrogens (tertiary/aromatic N) is 2. The van der Waals surface area contributed by atoms with Crippen molar-refractivity contribution >= 4 is 44.6 Å². The fraction of sp³-hybridized carbons (Fsp3) is 0.605. The third-order valence-electron chi connectivity index (χ3n) is 10.5. The summed E-state index contributed by atoms with van der Waals surface area (Å²) >= 11 is 0. The van der Waals surface area contributed by atoms with Crippen LogP contribution in [0.5, 0.6) is 11.6 Å². The van der Waals surface area contributed by atoms with Gasteiger partial charge < -0.3 is 29.7 Å². The van der Waals surface area contributed by atoms with Crippen LogP contribution in [-0.4, -0.2) is 90.3 Å². The number of aromatic nitrogens is 1. The number of benzene rings is 1. The molecule has 15 heteroatoms. The van der Waals surface area contributed by atoms with Gasteiger partial charge >= 0.3 is 6.09 Å². The van der Waals surface area contributed by atoms with Crippen LogP contribution in [0, 0.1) is 17.8 Å². The van der Waals surface area contributed by atoms with E-state index in [1.54, 1.807) is 34.1 Å². The van der Waals surface area contributed by atoms with Crippen LogP contribution in [-0.2, 0) is 29.1 Å². The van der Waals surface area contributed by atoms with Crippen molar-refractivity contribution in [2.24, 2.45) is 17.8 Å². The lowest BCUT2D eigenvalue weighted by Gasteiger charge is -2.32. The Kier molecular flexibility index (Phi) is 10.7. The maximum Gasteiger partial charge on any atom is 0.408 e. The van der Waals surface area contributed by atoms with Crippen molar-refractivity contribution in [3.05, 3.63) is 42.6 Å². The lowest BCUT2D eigenvalue weighted by Crippen LogP contribution is -2.59. The van der Waals surface area contributed by atoms with Crippen molar-refractivity contribution in [3.8, 4) is 11.6 Å². The van der Waals surface area contributed by atoms with Gasteiger partial charge in [0.1, 0.15) is 35.1 Å². The van der Waals surface area contributed by atoms with Crippen LogP contribution < -0.4 is 24.8 Å². The molecule has 3 fully saturated rings. The highest BCUT2D eigenvalue weighted by Gasteiger charge is 2.62. The van der Waals surface area contributed by atoms with E-state index in [4.69, 9.17) is 14.2 Å². The fourth-order valence-electron chi connectivity index (χ4n) is 7.31. The fourth-order valence-corrected chi connectivity index (χ4v) is 8.67. The monoisotopic (exact) mass is 753 g/mol. The van der Waals surface area contributed by atoms with E-state index in [0.717, 1.165) is 18.2 Å². The molecule has 14 nitrogen and oxygen atoms in total. The van der Waals surface area contributed by atoms with E-state index in [-0.39, 0.29) is 31.2 Å². The maximum atomic E-state index is 14.7. The molecule has 1 saturated heterocycles. The first-order valence-corrected chi connectivity index (χ1v) is 20.0. The van der Waals surface area contributed by atoms with Gasteiger partial charge in [-0.25, -0.2) is 18.2 Å². The second-order valence-electron chi connectivity index (χ2n) is 16.0. The number of sulfonamides is 1. The average Bonchev–Trinajstić information content (AvgIpc) is 4.02. The number of ether oxygens (including phenoxy) is 3. The molecule has 6 rings (SSSR count). The molecular weight excluding hydrogens is 703 g/mol. The Balaban J connectivity index is 1.35. The predicted molar refractivity (Wildman–Crippen MR) is 196 cm³/mol. The van der Waals surface area contributed by atoms with Crippen LogP contribution >= 0.6 is 0 Å². The number of alkyl carbamates (subject to hydrolysis) is 1. The van der Waals surface area contributed by atoms with E-state index in [0.29, 0.717) is 36.3 Å². The first-order valence-electron chi connectivity index (χ1n) is 18.5. The van der Waals surface area contributed by atoms with Gasteiger partial charge in [-0.05, 0) is 70.8 Å². The first kappa shape index (κ1) is 38.3. The van der Waals surface area contributed by atoms with Crippen molar-refractivity contribution in [1.29, 1.82) is 0 Å². The molecule has 288 valence electrons. The second kappa shape index (κ2) is 14.8. The Hall–Kier alpha value is -4.40. The maximum absolute atomic E-state index is 14.7. The normalized spacial score (nSPS) is 30.1. The Labute approximate surface area is 310 Å². The molecule has 1 aromatic carbocycles. The summed E-state index contributed by atoms with van der Waals surface area (Å²) < 4.78 is 45.4. The van der Waals surface area contributed by atoms with Crippen molar-refractivity contribution in [2.45, 2.75) is 114 Å². The van der Waals surface area contributed by atoms with Gasteiger partial charge in [0, 0.05) is 23.1 Å². The largest absolute Gasteiger partial charge is 0.494 e. The molecule has 0 radical (unpaired) electrons. The summed E-state index contributed by atoms with van der Waals surface area (Å²) in [7, 11) is -2.35. The van der Waals surface area contributed by atoms with Crippen molar-refractivity contribution in [3.63, 3.8) is 0 Å². The minimum absolute atomic E-state index is 0.0200. The molecule has 7 atom stereocenters. The van der Waals surface area contributed by atoms with Gasteiger partial charge in [-0.15, -0.1) is 0 Å². The van der Waals surface area contributed by atoms with Gasteiger partial charge in [-0.2, -0.15) is 0 Å². The number of rotatable bonds is 7. The number of carbonyl (C=O) groups excluding carboxylic acids is 4. The average molecular weight is 754 g/mol. The van der Waals surface area contributed by atoms with Crippen LogP contribution in [0.3, 0.4) is 0 Å². The number of nitrogens with one attached hydrogen (secondary N) is 3. The lowest BCUT2D eigenvalue weighted by molar-refractivity contribution is -0.142. The van der Waals surface area contributed by atoms with Gasteiger partial charge in [0.15, 0.2) is 0 Å². The van der Waals surface area contributed by atoms with Crippen LogP contribution in [0.4, 0.5) is 4.79 Å². The summed E-state index contributed by atoms with van der Waals surface area (Å²) in [5.74, 6) is -1.73. The highest BCUT2D eigenvalue weighted by molar-refractivity contribution is 7.91. The summed E-state index contributed by atoms with van der Waals surface area (Å²) in [5.41, 5.74) is -2.33. The highest BCUT2D eigenvalue weighted by Crippen LogP contribution is 2.46. The molecule has 2 saturated carbocycles. The number of pyridine rings is 1. The molecule has 2 aliphatic carbocycles. The Bertz CT molecular complexity index is 1890. The summed E-state index contributed by atoms with van der Waals surface area (Å²) in [5, 5.41) is 6.51. The molecule has 2 aromatic rings. The number of fused-ring (bicyclic) bond motifs is 3. The van der Waals surface area contributed by atoms with Crippen molar-refractivity contribution in [2.75, 3.05) is 13.7 Å². The summed E-state index contributed by atoms with van der Waals surface area (Å²) in [6.45, 7) is 9.10. The molecular formula is C38H51N5O9S. The number of allylic oxidation sites excluding steroid dienone is 1. The molecule has 2 aliphatic heterocycles. The third-order valence-corrected chi connectivity index (χ3v) is 12.4. The topological polar surface area (TPSA) is 182 Å². The first-order chi connectivity index (χ1) is 25.0. The minimum Gasteiger partial charge on any atom is -0.494 e. The van der Waals surface area contributed by atoms with Crippen LogP contribution in [0.2, 0.25) is 0 Å². The van der Waals surface area contributed by atoms with E-state index in [1.807, 2.05) is 50.3 Å². The Morgan fingerprint density at radius 2 is 1.75 bits per heavy atom. The van der Waals surface area contributed by atoms with Gasteiger partial charge in [0.2, 0.25) is 27.7 Å². The molecule has 1 unspecified atom stereocenters. The summed E-state index contributed by atoms with van der Waals surface area (Å²) in [6.07, 6.45) is 7.27. The molecule has 3 N–H and O–H groups in total. The molecule has 0 spiro atoms. The van der Waals surface area contributed by atoms with Crippen molar-refractivity contribution in [1.82, 2.24) is 25.2 Å². The third kappa shape index (κ3) is 8.55. The van der Waals surface area contributed by atoms with Gasteiger partial charge in [0.05, 0.1) is 25.1 Å². The number of methoxy groups -OCH3 is 1. The minimum atomic E-state index is -3.90. The second-order valence-corrected chi connectivity index (χ2v) is 18.0. The molecule has 4 aliphatic rings. The zero-order valence-corrected chi connectivity index (χ0v) is 32.0. The highest BCUT2D eigenvalue weighted by atomic mass is 32.2. The quantitative estimate of drug-likeness (QED) is 0.350. The van der Waals surface area contributed by atoms with E-state index in [9.17, 15) is 27.6 Å². The zero-order valence-electron chi connectivity index (χ0n) is 31.2. The van der Waals surface area contributed by atoms with Crippen LogP contribution in [0.15, 0.2) is 42.6 Å². The molecule has 3 heterocycles. The smallest absolute Gasteiger partial charge is 0.408 e. The number of carbonyl (C=O) groups is 4. The van der Waals surface area contributed by atoms with Crippen molar-refractivity contribution < 1.29 is 41.8 Å². The number of amides is 4. The lowest BCUT2D eigenvalue weighted by atomic mass is 9.92. The number of hydrogen-bond donors (Lipinski definition) is 3. The molecule has 53 heavy (non-hydrogen) atoms. The van der Waals surface area contributed by atoms with Gasteiger partial charge in [-0.3, -0.25) is 19.1 Å². The van der Waals surface area contributed by atoms with E-state index >= 15 is 0 Å². The molecule has 0 bridgehead atoms. The molecule has 4 amide bonds.